The summed E-state index contributed by atoms with van der Waals surface area (Å²) in [5.41, 5.74) is 4.42. The van der Waals surface area contributed by atoms with Crippen LogP contribution in [0.25, 0.3) is 0 Å². The lowest BCUT2D eigenvalue weighted by Crippen LogP contribution is -2.47. The van der Waals surface area contributed by atoms with Gasteiger partial charge in [0.25, 0.3) is 0 Å². The number of pyridine rings is 1. The van der Waals surface area contributed by atoms with Crippen LogP contribution in [0.5, 0.6) is 0 Å². The highest BCUT2D eigenvalue weighted by Crippen LogP contribution is 2.82. The van der Waals surface area contributed by atoms with Gasteiger partial charge in [-0.15, -0.1) is 0 Å². The first-order valence-corrected chi connectivity index (χ1v) is 13.7. The second-order valence-corrected chi connectivity index (χ2v) is 11.7. The molecule has 3 saturated carbocycles. The van der Waals surface area contributed by atoms with Gasteiger partial charge >= 0.3 is 6.18 Å². The highest BCUT2D eigenvalue weighted by molar-refractivity contribution is 5.50. The van der Waals surface area contributed by atoms with Crippen molar-refractivity contribution in [3.05, 3.63) is 137 Å². The SMILES string of the molecule is N#Cc1ccc(C23CC4(C2)[C@H](CN(Cc2cccnc2)[C@@H]4c2ccccc2)C3c2ccc(C(F)(F)F)cc2)cc1. The number of rotatable bonds is 5. The quantitative estimate of drug-likeness (QED) is 0.263. The topological polar surface area (TPSA) is 39.9 Å². The predicted molar refractivity (Wildman–Crippen MR) is 146 cm³/mol. The van der Waals surface area contributed by atoms with Crippen LogP contribution in [0.1, 0.15) is 58.2 Å². The molecule has 4 fully saturated rings. The normalized spacial score (nSPS) is 29.0. The molecule has 4 aliphatic rings. The lowest BCUT2D eigenvalue weighted by atomic mass is 9.52. The first-order chi connectivity index (χ1) is 19.3. The number of benzene rings is 3. The van der Waals surface area contributed by atoms with Crippen molar-refractivity contribution in [2.75, 3.05) is 6.54 Å². The zero-order valence-electron chi connectivity index (χ0n) is 21.9. The molecule has 8 rings (SSSR count). The molecule has 2 heterocycles. The fourth-order valence-electron chi connectivity index (χ4n) is 8.48. The van der Waals surface area contributed by atoms with Gasteiger partial charge in [-0.25, -0.2) is 0 Å². The van der Waals surface area contributed by atoms with Crippen molar-refractivity contribution in [2.45, 2.75) is 42.9 Å². The first kappa shape index (κ1) is 25.0. The average Bonchev–Trinajstić information content (AvgIpc) is 3.52. The van der Waals surface area contributed by atoms with E-state index in [4.69, 9.17) is 0 Å². The Morgan fingerprint density at radius 3 is 2.23 bits per heavy atom. The third kappa shape index (κ3) is 3.72. The van der Waals surface area contributed by atoms with Crippen LogP contribution in [0.3, 0.4) is 0 Å². The molecule has 1 aliphatic heterocycles. The summed E-state index contributed by atoms with van der Waals surface area (Å²) in [7, 11) is 0. The third-order valence-electron chi connectivity index (χ3n) is 9.78. The lowest BCUT2D eigenvalue weighted by molar-refractivity contribution is -0.137. The van der Waals surface area contributed by atoms with Gasteiger partial charge in [0.15, 0.2) is 0 Å². The summed E-state index contributed by atoms with van der Waals surface area (Å²) in [5.74, 6) is 0.356. The molecule has 3 aromatic carbocycles. The van der Waals surface area contributed by atoms with E-state index in [-0.39, 0.29) is 28.7 Å². The molecule has 1 spiro atoms. The maximum atomic E-state index is 13.5. The van der Waals surface area contributed by atoms with Crippen LogP contribution >= 0.6 is 0 Å². The number of nitriles is 1. The zero-order valence-corrected chi connectivity index (χ0v) is 21.9. The minimum Gasteiger partial charge on any atom is -0.291 e. The van der Waals surface area contributed by atoms with Gasteiger partial charge < -0.3 is 0 Å². The van der Waals surface area contributed by atoms with Crippen LogP contribution in [-0.4, -0.2) is 16.4 Å². The fraction of sp³-hybridized carbons (Fsp3) is 0.294. The van der Waals surface area contributed by atoms with Gasteiger partial charge in [0.05, 0.1) is 17.2 Å². The van der Waals surface area contributed by atoms with E-state index in [0.29, 0.717) is 5.56 Å². The molecule has 6 heteroatoms. The summed E-state index contributed by atoms with van der Waals surface area (Å²) < 4.78 is 40.4. The van der Waals surface area contributed by atoms with E-state index in [9.17, 15) is 18.4 Å². The standard InChI is InChI=1S/C34H28F3N3/c35-34(36,37)28-14-10-25(11-15-28)30-29-20-40(19-24-5-4-16-39-18-24)31(26-6-2-1-3-7-26)33(29)21-32(30,22-33)27-12-8-23(17-38)9-13-27/h1-16,18,29-31H,19-22H2/t29-,30?,31-,32?,33?/m1/s1. The summed E-state index contributed by atoms with van der Waals surface area (Å²) in [6.45, 7) is 1.63. The second-order valence-electron chi connectivity index (χ2n) is 11.7. The third-order valence-corrected chi connectivity index (χ3v) is 9.78. The Kier molecular flexibility index (Phi) is 5.66. The first-order valence-electron chi connectivity index (χ1n) is 13.7. The number of nitrogens with zero attached hydrogens (tertiary/aromatic N) is 3. The minimum atomic E-state index is -4.37. The van der Waals surface area contributed by atoms with Crippen LogP contribution in [0.4, 0.5) is 13.2 Å². The Balaban J connectivity index is 1.34. The Bertz CT molecular complexity index is 1550. The molecule has 4 aromatic rings. The van der Waals surface area contributed by atoms with Gasteiger partial charge in [-0.05, 0) is 82.7 Å². The maximum absolute atomic E-state index is 13.5. The molecule has 1 aromatic heterocycles. The van der Waals surface area contributed by atoms with E-state index in [1.54, 1.807) is 18.3 Å². The minimum absolute atomic E-state index is 0.00479. The number of hydrogen-bond donors (Lipinski definition) is 0. The summed E-state index contributed by atoms with van der Waals surface area (Å²) in [6.07, 6.45) is 1.27. The average molecular weight is 536 g/mol. The molecule has 1 saturated heterocycles. The molecule has 0 N–H and O–H groups in total. The molecule has 1 unspecified atom stereocenters. The Labute approximate surface area is 231 Å². The van der Waals surface area contributed by atoms with E-state index < -0.39 is 11.7 Å². The molecule has 0 radical (unpaired) electrons. The van der Waals surface area contributed by atoms with E-state index in [0.717, 1.165) is 37.1 Å². The Hall–Kier alpha value is -3.95. The van der Waals surface area contributed by atoms with Crippen LogP contribution < -0.4 is 0 Å². The molecule has 40 heavy (non-hydrogen) atoms. The van der Waals surface area contributed by atoms with Gasteiger partial charge in [-0.3, -0.25) is 9.88 Å². The zero-order chi connectivity index (χ0) is 27.5. The monoisotopic (exact) mass is 535 g/mol. The highest BCUT2D eigenvalue weighted by atomic mass is 19.4. The lowest BCUT2D eigenvalue weighted by Gasteiger charge is -2.53. The van der Waals surface area contributed by atoms with Crippen molar-refractivity contribution >= 4 is 0 Å². The predicted octanol–water partition coefficient (Wildman–Crippen LogP) is 7.66. The van der Waals surface area contributed by atoms with Crippen molar-refractivity contribution in [3.8, 4) is 6.07 Å². The van der Waals surface area contributed by atoms with Crippen molar-refractivity contribution in [2.24, 2.45) is 11.3 Å². The summed E-state index contributed by atoms with van der Waals surface area (Å²) in [5, 5.41) is 9.38. The summed E-state index contributed by atoms with van der Waals surface area (Å²) in [6, 6.07) is 30.9. The Morgan fingerprint density at radius 1 is 0.875 bits per heavy atom. The number of halogens is 3. The molecule has 3 nitrogen and oxygen atoms in total. The number of likely N-dealkylation sites (tertiary alicyclic amines) is 1. The molecule has 2 bridgehead atoms. The van der Waals surface area contributed by atoms with Gasteiger partial charge in [-0.1, -0.05) is 60.7 Å². The molecular weight excluding hydrogens is 507 g/mol. The van der Waals surface area contributed by atoms with Crippen LogP contribution in [0.2, 0.25) is 0 Å². The summed E-state index contributed by atoms with van der Waals surface area (Å²) >= 11 is 0. The van der Waals surface area contributed by atoms with Crippen molar-refractivity contribution in [1.82, 2.24) is 9.88 Å². The summed E-state index contributed by atoms with van der Waals surface area (Å²) in [4.78, 5) is 6.90. The molecular formula is C34H28F3N3. The van der Waals surface area contributed by atoms with E-state index in [2.05, 4.69) is 58.4 Å². The van der Waals surface area contributed by atoms with Crippen molar-refractivity contribution < 1.29 is 13.2 Å². The molecule has 0 amide bonds. The smallest absolute Gasteiger partial charge is 0.291 e. The maximum Gasteiger partial charge on any atom is 0.416 e. The molecule has 3 atom stereocenters. The second kappa shape index (κ2) is 9.04. The largest absolute Gasteiger partial charge is 0.416 e. The van der Waals surface area contributed by atoms with Crippen molar-refractivity contribution in [1.29, 1.82) is 5.26 Å². The van der Waals surface area contributed by atoms with Gasteiger partial charge in [0.2, 0.25) is 0 Å². The highest BCUT2D eigenvalue weighted by Gasteiger charge is 2.77. The number of alkyl halides is 3. The van der Waals surface area contributed by atoms with Crippen LogP contribution in [0, 0.1) is 22.7 Å². The number of aromatic nitrogens is 1. The van der Waals surface area contributed by atoms with Gasteiger partial charge in [0, 0.05) is 36.9 Å². The fourth-order valence-corrected chi connectivity index (χ4v) is 8.48. The van der Waals surface area contributed by atoms with Crippen molar-refractivity contribution in [3.63, 3.8) is 0 Å². The van der Waals surface area contributed by atoms with E-state index in [1.165, 1.54) is 23.3 Å². The van der Waals surface area contributed by atoms with E-state index in [1.807, 2.05) is 30.5 Å². The van der Waals surface area contributed by atoms with Gasteiger partial charge in [-0.2, -0.15) is 18.4 Å². The Morgan fingerprint density at radius 2 is 1.60 bits per heavy atom. The van der Waals surface area contributed by atoms with Crippen LogP contribution in [0.15, 0.2) is 103 Å². The number of hydrogen-bond acceptors (Lipinski definition) is 3. The van der Waals surface area contributed by atoms with E-state index >= 15 is 0 Å². The molecule has 200 valence electrons. The van der Waals surface area contributed by atoms with Gasteiger partial charge in [0.1, 0.15) is 0 Å². The van der Waals surface area contributed by atoms with Crippen LogP contribution in [-0.2, 0) is 18.1 Å². The molecule has 3 aliphatic carbocycles.